The molecule has 1 fully saturated rings. The van der Waals surface area contributed by atoms with Gasteiger partial charge in [0.1, 0.15) is 34.2 Å². The summed E-state index contributed by atoms with van der Waals surface area (Å²) in [5, 5.41) is 5.95. The lowest BCUT2D eigenvalue weighted by molar-refractivity contribution is -0.0372. The van der Waals surface area contributed by atoms with Gasteiger partial charge in [-0.3, -0.25) is 4.90 Å². The lowest BCUT2D eigenvalue weighted by atomic mass is 10.2. The lowest BCUT2D eigenvalue weighted by Gasteiger charge is -2.32. The van der Waals surface area contributed by atoms with Crippen LogP contribution in [0.1, 0.15) is 27.7 Å². The molecule has 0 N–H and O–H groups in total. The molecule has 4 heterocycles. The van der Waals surface area contributed by atoms with Gasteiger partial charge in [0.2, 0.25) is 0 Å². The predicted octanol–water partition coefficient (Wildman–Crippen LogP) is 4.44. The van der Waals surface area contributed by atoms with E-state index in [0.717, 1.165) is 48.6 Å². The van der Waals surface area contributed by atoms with Crippen LogP contribution in [-0.2, 0) is 9.57 Å². The number of fused-ring (bicyclic) bond motifs is 2. The van der Waals surface area contributed by atoms with Crippen molar-refractivity contribution in [2.75, 3.05) is 26.3 Å². The Bertz CT molecular complexity index is 1360. The van der Waals surface area contributed by atoms with Crippen molar-refractivity contribution in [3.05, 3.63) is 60.3 Å². The molecule has 1 aromatic carbocycles. The van der Waals surface area contributed by atoms with Gasteiger partial charge in [0, 0.05) is 30.9 Å². The van der Waals surface area contributed by atoms with E-state index < -0.39 is 5.60 Å². The Morgan fingerprint density at radius 1 is 1.09 bits per heavy atom. The Morgan fingerprint density at radius 2 is 1.91 bits per heavy atom. The fraction of sp³-hybridized carbons (Fsp3) is 0.385. The van der Waals surface area contributed by atoms with Gasteiger partial charge < -0.3 is 23.1 Å². The Hall–Kier alpha value is -3.36. The number of rotatable bonds is 5. The van der Waals surface area contributed by atoms with Gasteiger partial charge in [-0.1, -0.05) is 5.16 Å². The fourth-order valence-corrected chi connectivity index (χ4v) is 3.89. The zero-order valence-electron chi connectivity index (χ0n) is 20.0. The average molecular weight is 463 g/mol. The highest BCUT2D eigenvalue weighted by Crippen LogP contribution is 2.25. The van der Waals surface area contributed by atoms with E-state index in [9.17, 15) is 0 Å². The number of benzene rings is 1. The first-order valence-electron chi connectivity index (χ1n) is 11.6. The quantitative estimate of drug-likeness (QED) is 0.409. The highest BCUT2D eigenvalue weighted by atomic mass is 16.6. The highest BCUT2D eigenvalue weighted by Gasteiger charge is 2.19. The molecular weight excluding hydrogens is 432 g/mol. The first-order valence-corrected chi connectivity index (χ1v) is 11.6. The normalized spacial score (nSPS) is 16.8. The summed E-state index contributed by atoms with van der Waals surface area (Å²) in [6, 6.07) is 13.6. The number of hydrogen-bond acceptors (Lipinski definition) is 7. The smallest absolute Gasteiger partial charge is 0.155 e. The molecule has 0 aliphatic carbocycles. The number of nitrogens with zero attached hydrogens (tertiary/aromatic N) is 4. The minimum atomic E-state index is -0.429. The van der Waals surface area contributed by atoms with E-state index in [1.54, 1.807) is 6.33 Å². The first kappa shape index (κ1) is 22.4. The maximum Gasteiger partial charge on any atom is 0.155 e. The Morgan fingerprint density at radius 3 is 2.71 bits per heavy atom. The highest BCUT2D eigenvalue weighted by molar-refractivity contribution is 5.80. The summed E-state index contributed by atoms with van der Waals surface area (Å²) in [7, 11) is 0. The number of morpholine rings is 1. The molecule has 4 aromatic rings. The van der Waals surface area contributed by atoms with Crippen LogP contribution in [0.5, 0.6) is 5.75 Å². The van der Waals surface area contributed by atoms with Gasteiger partial charge in [-0.25, -0.2) is 4.98 Å². The largest absolute Gasteiger partial charge is 0.475 e. The second-order valence-corrected chi connectivity index (χ2v) is 9.43. The Labute approximate surface area is 198 Å². The molecule has 0 saturated carbocycles. The summed E-state index contributed by atoms with van der Waals surface area (Å²) in [6.07, 6.45) is 3.67. The fourth-order valence-electron chi connectivity index (χ4n) is 3.89. The molecule has 1 unspecified atom stereocenters. The van der Waals surface area contributed by atoms with Crippen molar-refractivity contribution in [3.63, 3.8) is 0 Å². The Kier molecular flexibility index (Phi) is 6.02. The zero-order chi connectivity index (χ0) is 23.7. The van der Waals surface area contributed by atoms with Gasteiger partial charge in [0.15, 0.2) is 5.76 Å². The van der Waals surface area contributed by atoms with Crippen molar-refractivity contribution in [3.8, 4) is 17.2 Å². The van der Waals surface area contributed by atoms with Gasteiger partial charge in [-0.15, -0.1) is 0 Å². The predicted molar refractivity (Wildman–Crippen MR) is 129 cm³/mol. The summed E-state index contributed by atoms with van der Waals surface area (Å²) in [5.74, 6) is 1.36. The molecule has 0 spiro atoms. The SMILES string of the molecule is CC(Oc1ccc2oc(-c3cc4cccn4cn3)c/c(=N\OC(C)(C)C)c2c1)N1CCOCC1. The number of hydrogen-bond donors (Lipinski definition) is 0. The molecule has 1 atom stereocenters. The van der Waals surface area contributed by atoms with Gasteiger partial charge >= 0.3 is 0 Å². The minimum Gasteiger partial charge on any atom is -0.475 e. The molecule has 3 aromatic heterocycles. The first-order chi connectivity index (χ1) is 16.4. The van der Waals surface area contributed by atoms with Gasteiger partial charge in [-0.2, -0.15) is 0 Å². The Balaban J connectivity index is 1.55. The van der Waals surface area contributed by atoms with Crippen molar-refractivity contribution < 1.29 is 18.7 Å². The van der Waals surface area contributed by atoms with Crippen LogP contribution in [0.4, 0.5) is 0 Å². The van der Waals surface area contributed by atoms with Crippen molar-refractivity contribution >= 4 is 16.5 Å². The number of aromatic nitrogens is 2. The molecule has 1 saturated heterocycles. The molecule has 0 amide bonds. The van der Waals surface area contributed by atoms with Crippen LogP contribution in [0.3, 0.4) is 0 Å². The van der Waals surface area contributed by atoms with E-state index in [4.69, 9.17) is 18.7 Å². The molecular formula is C26H30N4O4. The van der Waals surface area contributed by atoms with Crippen LogP contribution >= 0.6 is 0 Å². The summed E-state index contributed by atoms with van der Waals surface area (Å²) in [4.78, 5) is 12.6. The van der Waals surface area contributed by atoms with E-state index in [1.165, 1.54) is 0 Å². The third-order valence-corrected chi connectivity index (χ3v) is 5.67. The van der Waals surface area contributed by atoms with Gasteiger partial charge in [0.05, 0.1) is 24.9 Å². The van der Waals surface area contributed by atoms with Crippen molar-refractivity contribution in [1.29, 1.82) is 0 Å². The van der Waals surface area contributed by atoms with E-state index in [2.05, 4.69) is 22.0 Å². The third kappa shape index (κ3) is 4.93. The maximum atomic E-state index is 6.25. The van der Waals surface area contributed by atoms with Crippen LogP contribution < -0.4 is 10.1 Å². The average Bonchev–Trinajstić information content (AvgIpc) is 3.30. The van der Waals surface area contributed by atoms with Crippen LogP contribution in [0, 0.1) is 0 Å². The molecule has 1 aliphatic heterocycles. The van der Waals surface area contributed by atoms with Crippen LogP contribution in [0.15, 0.2) is 64.6 Å². The van der Waals surface area contributed by atoms with E-state index in [0.29, 0.717) is 16.7 Å². The third-order valence-electron chi connectivity index (χ3n) is 5.67. The summed E-state index contributed by atoms with van der Waals surface area (Å²) in [6.45, 7) is 11.1. The molecule has 5 rings (SSSR count). The van der Waals surface area contributed by atoms with Crippen molar-refractivity contribution in [2.24, 2.45) is 5.16 Å². The summed E-state index contributed by atoms with van der Waals surface area (Å²) < 4.78 is 19.9. The number of ether oxygens (including phenoxy) is 2. The molecule has 34 heavy (non-hydrogen) atoms. The van der Waals surface area contributed by atoms with Crippen LogP contribution in [0.2, 0.25) is 0 Å². The summed E-state index contributed by atoms with van der Waals surface area (Å²) in [5.41, 5.74) is 2.01. The van der Waals surface area contributed by atoms with E-state index in [1.807, 2.05) is 73.8 Å². The van der Waals surface area contributed by atoms with Gasteiger partial charge in [-0.05, 0) is 64.1 Å². The molecule has 0 radical (unpaired) electrons. The molecule has 8 nitrogen and oxygen atoms in total. The van der Waals surface area contributed by atoms with Crippen LogP contribution in [-0.4, -0.2) is 52.4 Å². The second-order valence-electron chi connectivity index (χ2n) is 9.43. The molecule has 178 valence electrons. The molecule has 0 bridgehead atoms. The van der Waals surface area contributed by atoms with E-state index in [-0.39, 0.29) is 6.23 Å². The van der Waals surface area contributed by atoms with Crippen LogP contribution in [0.25, 0.3) is 27.9 Å². The second kappa shape index (κ2) is 9.12. The topological polar surface area (TPSA) is 73.7 Å². The summed E-state index contributed by atoms with van der Waals surface area (Å²) >= 11 is 0. The van der Waals surface area contributed by atoms with Crippen molar-refractivity contribution in [2.45, 2.75) is 39.5 Å². The molecule has 8 heteroatoms. The lowest BCUT2D eigenvalue weighted by Crippen LogP contribution is -2.44. The van der Waals surface area contributed by atoms with Crippen molar-refractivity contribution in [1.82, 2.24) is 14.3 Å². The minimum absolute atomic E-state index is 0.0678. The maximum absolute atomic E-state index is 6.25. The standard InChI is InChI=1S/C26H30N4O4/c1-18(29-10-12-31-13-11-29)32-20-7-8-24-21(15-20)22(28-34-26(2,3)4)16-25(33-24)23-14-19-6-5-9-30(19)17-27-23/h5-9,14-18H,10-13H2,1-4H3/b28-22+. The monoisotopic (exact) mass is 462 g/mol. The zero-order valence-corrected chi connectivity index (χ0v) is 20.0. The van der Waals surface area contributed by atoms with E-state index >= 15 is 0 Å². The molecule has 1 aliphatic rings. The van der Waals surface area contributed by atoms with Gasteiger partial charge in [0.25, 0.3) is 0 Å².